The maximum Gasteiger partial charge on any atom is 0.338 e. The molecule has 3 heterocycles. The van der Waals surface area contributed by atoms with E-state index in [4.69, 9.17) is 42.4 Å². The van der Waals surface area contributed by atoms with E-state index in [1.807, 2.05) is 55.6 Å². The van der Waals surface area contributed by atoms with Crippen molar-refractivity contribution in [1.82, 2.24) is 9.13 Å². The predicted molar refractivity (Wildman–Crippen MR) is 190 cm³/mol. The van der Waals surface area contributed by atoms with E-state index in [2.05, 4.69) is 20.5 Å². The molecular formula is C35H30BrCl2N3O5S. The molecule has 0 spiro atoms. The van der Waals surface area contributed by atoms with Crippen molar-refractivity contribution in [3.8, 4) is 11.5 Å². The number of ether oxygens (including phenoxy) is 3. The van der Waals surface area contributed by atoms with E-state index < -0.39 is 12.0 Å². The molecule has 3 aromatic carbocycles. The first-order chi connectivity index (χ1) is 22.6. The lowest BCUT2D eigenvalue weighted by Crippen LogP contribution is -2.40. The van der Waals surface area contributed by atoms with E-state index in [9.17, 15) is 9.59 Å². The molecule has 0 radical (unpaired) electrons. The van der Waals surface area contributed by atoms with Gasteiger partial charge >= 0.3 is 5.97 Å². The molecule has 0 unspecified atom stereocenters. The third-order valence-electron chi connectivity index (χ3n) is 7.86. The number of nitrogens with zero attached hydrogens (tertiary/aromatic N) is 3. The molecule has 0 N–H and O–H groups in total. The summed E-state index contributed by atoms with van der Waals surface area (Å²) in [5, 5.41) is 2.12. The van der Waals surface area contributed by atoms with Gasteiger partial charge in [0.05, 0.1) is 42.2 Å². The first kappa shape index (κ1) is 33.1. The number of esters is 1. The minimum atomic E-state index is -0.834. The summed E-state index contributed by atoms with van der Waals surface area (Å²) < 4.78 is 21.6. The minimum absolute atomic E-state index is 0.172. The Morgan fingerprint density at radius 3 is 2.60 bits per heavy atom. The number of benzene rings is 3. The Labute approximate surface area is 293 Å². The molecule has 1 aliphatic rings. The van der Waals surface area contributed by atoms with Crippen LogP contribution in [0.4, 0.5) is 0 Å². The van der Waals surface area contributed by atoms with Gasteiger partial charge in [-0.3, -0.25) is 9.36 Å². The van der Waals surface area contributed by atoms with Crippen LogP contribution in [0.25, 0.3) is 17.0 Å². The third kappa shape index (κ3) is 6.27. The van der Waals surface area contributed by atoms with Gasteiger partial charge < -0.3 is 18.8 Å². The number of halogens is 3. The van der Waals surface area contributed by atoms with Crippen molar-refractivity contribution in [2.75, 3.05) is 20.3 Å². The number of fused-ring (bicyclic) bond motifs is 2. The normalized spacial score (nSPS) is 14.7. The summed E-state index contributed by atoms with van der Waals surface area (Å²) in [6, 6.07) is 16.2. The Morgan fingerprint density at radius 1 is 1.09 bits per heavy atom. The molecule has 1 aliphatic heterocycles. The zero-order valence-electron chi connectivity index (χ0n) is 26.0. The van der Waals surface area contributed by atoms with Crippen LogP contribution in [0.2, 0.25) is 10.0 Å². The van der Waals surface area contributed by atoms with Gasteiger partial charge in [-0.15, -0.1) is 0 Å². The average Bonchev–Trinajstić information content (AvgIpc) is 3.54. The molecule has 0 saturated carbocycles. The van der Waals surface area contributed by atoms with Crippen LogP contribution < -0.4 is 24.4 Å². The fourth-order valence-electron chi connectivity index (χ4n) is 5.77. The Kier molecular flexibility index (Phi) is 9.66. The lowest BCUT2D eigenvalue weighted by molar-refractivity contribution is -0.139. The van der Waals surface area contributed by atoms with E-state index >= 15 is 0 Å². The van der Waals surface area contributed by atoms with E-state index in [-0.39, 0.29) is 17.7 Å². The maximum atomic E-state index is 14.4. The number of hydrogen-bond acceptors (Lipinski definition) is 7. The zero-order chi connectivity index (χ0) is 33.4. The van der Waals surface area contributed by atoms with Gasteiger partial charge in [-0.05, 0) is 68.3 Å². The van der Waals surface area contributed by atoms with Gasteiger partial charge in [0.25, 0.3) is 5.56 Å². The van der Waals surface area contributed by atoms with Crippen molar-refractivity contribution in [3.63, 3.8) is 0 Å². The summed E-state index contributed by atoms with van der Waals surface area (Å²) in [5.74, 6) is 0.461. The van der Waals surface area contributed by atoms with Gasteiger partial charge in [-0.1, -0.05) is 74.7 Å². The largest absolute Gasteiger partial charge is 0.493 e. The fourth-order valence-corrected chi connectivity index (χ4v) is 7.81. The number of carbonyl (C=O) groups excluding carboxylic acids is 1. The second-order valence-corrected chi connectivity index (χ2v) is 13.4. The van der Waals surface area contributed by atoms with Gasteiger partial charge in [0.2, 0.25) is 0 Å². The van der Waals surface area contributed by atoms with Crippen molar-refractivity contribution < 1.29 is 19.0 Å². The zero-order valence-corrected chi connectivity index (χ0v) is 29.9. The van der Waals surface area contributed by atoms with Gasteiger partial charge in [-0.2, -0.15) is 0 Å². The molecule has 1 atom stereocenters. The number of rotatable bonds is 9. The molecule has 6 rings (SSSR count). The summed E-state index contributed by atoms with van der Waals surface area (Å²) in [6.45, 7) is 6.51. The summed E-state index contributed by atoms with van der Waals surface area (Å²) in [4.78, 5) is 33.0. The van der Waals surface area contributed by atoms with Crippen LogP contribution in [-0.4, -0.2) is 35.4 Å². The average molecular weight is 756 g/mol. The molecule has 0 fully saturated rings. The molecule has 8 nitrogen and oxygen atoms in total. The molecule has 47 heavy (non-hydrogen) atoms. The smallest absolute Gasteiger partial charge is 0.338 e. The number of thiazole rings is 1. The Bertz CT molecular complexity index is 2260. The summed E-state index contributed by atoms with van der Waals surface area (Å²) in [6.07, 6.45) is 3.88. The number of aromatic nitrogens is 2. The molecule has 0 bridgehead atoms. The first-order valence-corrected chi connectivity index (χ1v) is 17.2. The molecular weight excluding hydrogens is 725 g/mol. The Morgan fingerprint density at radius 2 is 1.87 bits per heavy atom. The number of methoxy groups -OCH3 is 1. The third-order valence-corrected chi connectivity index (χ3v) is 10.1. The van der Waals surface area contributed by atoms with Crippen LogP contribution in [0.5, 0.6) is 11.5 Å². The van der Waals surface area contributed by atoms with Crippen molar-refractivity contribution in [2.45, 2.75) is 33.4 Å². The van der Waals surface area contributed by atoms with Crippen LogP contribution >= 0.6 is 50.5 Å². The van der Waals surface area contributed by atoms with Gasteiger partial charge in [0.15, 0.2) is 16.3 Å². The lowest BCUT2D eigenvalue weighted by Gasteiger charge is -2.26. The summed E-state index contributed by atoms with van der Waals surface area (Å²) in [7, 11) is 1.55. The highest BCUT2D eigenvalue weighted by atomic mass is 79.9. The highest BCUT2D eigenvalue weighted by molar-refractivity contribution is 9.10. The molecule has 0 aliphatic carbocycles. The van der Waals surface area contributed by atoms with Crippen molar-refractivity contribution >= 4 is 73.4 Å². The second kappa shape index (κ2) is 13.7. The first-order valence-electron chi connectivity index (χ1n) is 14.9. The topological polar surface area (TPSA) is 84.1 Å². The molecule has 242 valence electrons. The maximum absolute atomic E-state index is 14.4. The van der Waals surface area contributed by atoms with Crippen molar-refractivity contribution in [1.29, 1.82) is 0 Å². The molecule has 0 saturated heterocycles. The molecule has 2 aromatic heterocycles. The highest BCUT2D eigenvalue weighted by Crippen LogP contribution is 2.41. The van der Waals surface area contributed by atoms with E-state index in [1.165, 1.54) is 11.3 Å². The van der Waals surface area contributed by atoms with Crippen molar-refractivity contribution in [2.24, 2.45) is 4.99 Å². The van der Waals surface area contributed by atoms with Crippen molar-refractivity contribution in [3.05, 3.63) is 123 Å². The van der Waals surface area contributed by atoms with Crippen LogP contribution in [0, 0.1) is 0 Å². The molecule has 5 aromatic rings. The Balaban J connectivity index is 1.54. The number of para-hydroxylation sites is 1. The molecule has 12 heteroatoms. The van der Waals surface area contributed by atoms with Gasteiger partial charge in [-0.25, -0.2) is 9.79 Å². The van der Waals surface area contributed by atoms with E-state index in [0.717, 1.165) is 22.0 Å². The SMILES string of the molecule is CCOC(=O)C1=C(C)N=c2s/c(=C/c3cn(Cc4ccc(Cl)cc4Cl)c4ccccc34)c(=O)n2[C@@H]1c1cc(OC)c(OCC)cc1Br. The number of allylic oxidation sites excluding steroid dienone is 1. The van der Waals surface area contributed by atoms with Gasteiger partial charge in [0, 0.05) is 43.7 Å². The van der Waals surface area contributed by atoms with Gasteiger partial charge in [0.1, 0.15) is 0 Å². The highest BCUT2D eigenvalue weighted by Gasteiger charge is 2.35. The quantitative estimate of drug-likeness (QED) is 0.148. The second-order valence-electron chi connectivity index (χ2n) is 10.7. The van der Waals surface area contributed by atoms with E-state index in [1.54, 1.807) is 43.7 Å². The number of hydrogen-bond donors (Lipinski definition) is 0. The van der Waals surface area contributed by atoms with Crippen LogP contribution in [0.15, 0.2) is 86.3 Å². The minimum Gasteiger partial charge on any atom is -0.493 e. The Hall–Kier alpha value is -3.83. The lowest BCUT2D eigenvalue weighted by atomic mass is 9.95. The molecule has 0 amide bonds. The summed E-state index contributed by atoms with van der Waals surface area (Å²) in [5.41, 5.74) is 3.85. The van der Waals surface area contributed by atoms with Crippen LogP contribution in [0.1, 0.15) is 43.5 Å². The fraction of sp³-hybridized carbons (Fsp3) is 0.229. The monoisotopic (exact) mass is 753 g/mol. The standard InChI is InChI=1S/C35H30BrCl2N3O5S/c1-5-45-29-16-25(36)24(15-28(29)44-4)32-31(34(43)46-6-2)19(3)39-35-41(32)33(42)30(47-35)13-21-18-40(27-10-8-7-9-23(21)27)17-20-11-12-22(37)14-26(20)38/h7-16,18,32H,5-6,17H2,1-4H3/b30-13+/t32-/m1/s1. The summed E-state index contributed by atoms with van der Waals surface area (Å²) >= 11 is 17.6. The number of carbonyl (C=O) groups is 1. The van der Waals surface area contributed by atoms with Crippen LogP contribution in [0.3, 0.4) is 0 Å². The van der Waals surface area contributed by atoms with Crippen LogP contribution in [-0.2, 0) is 16.1 Å². The predicted octanol–water partition coefficient (Wildman–Crippen LogP) is 7.28. The van der Waals surface area contributed by atoms with E-state index in [0.29, 0.717) is 59.8 Å².